The van der Waals surface area contributed by atoms with Crippen LogP contribution in [0.5, 0.6) is 11.5 Å². The van der Waals surface area contributed by atoms with Crippen molar-refractivity contribution in [3.63, 3.8) is 0 Å². The Morgan fingerprint density at radius 1 is 0.914 bits per heavy atom. The zero-order chi connectivity index (χ0) is 25.3. The molecule has 0 aliphatic carbocycles. The van der Waals surface area contributed by atoms with E-state index in [0.717, 1.165) is 55.6 Å². The van der Waals surface area contributed by atoms with Crippen LogP contribution in [0, 0.1) is 0 Å². The monoisotopic (exact) mass is 522 g/mol. The summed E-state index contributed by atoms with van der Waals surface area (Å²) in [7, 11) is 0.0658. The van der Waals surface area contributed by atoms with Gasteiger partial charge < -0.3 is 14.2 Å². The Morgan fingerprint density at radius 3 is 2.26 bits per heavy atom. The van der Waals surface area contributed by atoms with Crippen molar-refractivity contribution in [2.45, 2.75) is 55.3 Å². The summed E-state index contributed by atoms with van der Waals surface area (Å²) in [5.41, 5.74) is 2.71. The van der Waals surface area contributed by atoms with Crippen LogP contribution in [0.2, 0.25) is 0 Å². The Balaban J connectivity index is 1.58. The van der Waals surface area contributed by atoms with Gasteiger partial charge in [0.1, 0.15) is 11.5 Å². The minimum atomic E-state index is -3.34. The fraction of sp³-hybridized carbons (Fsp3) is 0.556. The average molecular weight is 523 g/mol. The van der Waals surface area contributed by atoms with E-state index in [4.69, 9.17) is 18.4 Å². The molecular formula is C27H38O6S2. The first-order valence-electron chi connectivity index (χ1n) is 12.1. The SMILES string of the molecule is COc1ccc([C@@]2(C)CSc3cc(OC)ccc3[C@H]2CCCOCCCCCOS(C)(=O)=O)cc1. The zero-order valence-electron chi connectivity index (χ0n) is 21.2. The average Bonchev–Trinajstić information content (AvgIpc) is 2.85. The fourth-order valence-electron chi connectivity index (χ4n) is 4.64. The molecule has 0 radical (unpaired) electrons. The highest BCUT2D eigenvalue weighted by Gasteiger charge is 2.41. The Kier molecular flexibility index (Phi) is 10.3. The van der Waals surface area contributed by atoms with E-state index in [9.17, 15) is 8.42 Å². The highest BCUT2D eigenvalue weighted by molar-refractivity contribution is 7.99. The van der Waals surface area contributed by atoms with E-state index in [-0.39, 0.29) is 12.0 Å². The molecule has 3 rings (SSSR count). The van der Waals surface area contributed by atoms with Gasteiger partial charge in [-0.1, -0.05) is 25.1 Å². The maximum absolute atomic E-state index is 11.0. The van der Waals surface area contributed by atoms with Crippen LogP contribution in [0.25, 0.3) is 0 Å². The summed E-state index contributed by atoms with van der Waals surface area (Å²) in [6, 6.07) is 15.0. The molecule has 0 aromatic heterocycles. The van der Waals surface area contributed by atoms with Gasteiger partial charge in [0.05, 0.1) is 27.1 Å². The number of hydrogen-bond acceptors (Lipinski definition) is 7. The van der Waals surface area contributed by atoms with E-state index < -0.39 is 10.1 Å². The maximum Gasteiger partial charge on any atom is 0.264 e. The second kappa shape index (κ2) is 13.0. The molecule has 0 saturated carbocycles. The topological polar surface area (TPSA) is 71.1 Å². The molecule has 2 aromatic carbocycles. The molecule has 1 heterocycles. The summed E-state index contributed by atoms with van der Waals surface area (Å²) in [6.07, 6.45) is 5.60. The zero-order valence-corrected chi connectivity index (χ0v) is 22.9. The summed E-state index contributed by atoms with van der Waals surface area (Å²) in [6.45, 7) is 4.02. The molecule has 0 N–H and O–H groups in total. The first-order valence-corrected chi connectivity index (χ1v) is 14.9. The van der Waals surface area contributed by atoms with E-state index in [0.29, 0.717) is 19.1 Å². The van der Waals surface area contributed by atoms with Crippen molar-refractivity contribution in [2.24, 2.45) is 0 Å². The summed E-state index contributed by atoms with van der Waals surface area (Å²) in [4.78, 5) is 1.30. The summed E-state index contributed by atoms with van der Waals surface area (Å²) in [5, 5.41) is 0. The molecule has 2 aromatic rings. The molecule has 1 aliphatic heterocycles. The first-order chi connectivity index (χ1) is 16.8. The van der Waals surface area contributed by atoms with Gasteiger partial charge in [0.15, 0.2) is 0 Å². The number of benzene rings is 2. The van der Waals surface area contributed by atoms with Gasteiger partial charge in [0, 0.05) is 29.3 Å². The maximum atomic E-state index is 11.0. The third-order valence-corrected chi connectivity index (χ3v) is 8.66. The molecule has 8 heteroatoms. The number of hydrogen-bond donors (Lipinski definition) is 0. The van der Waals surface area contributed by atoms with Crippen molar-refractivity contribution < 1.29 is 26.8 Å². The van der Waals surface area contributed by atoms with Crippen molar-refractivity contribution in [3.8, 4) is 11.5 Å². The Hall–Kier alpha value is -1.74. The molecule has 0 fully saturated rings. The van der Waals surface area contributed by atoms with E-state index >= 15 is 0 Å². The van der Waals surface area contributed by atoms with E-state index in [2.05, 4.69) is 49.4 Å². The number of fused-ring (bicyclic) bond motifs is 1. The molecule has 0 saturated heterocycles. The molecule has 6 nitrogen and oxygen atoms in total. The number of unbranched alkanes of at least 4 members (excludes halogenated alkanes) is 2. The van der Waals surface area contributed by atoms with E-state index in [1.165, 1.54) is 16.0 Å². The lowest BCUT2D eigenvalue weighted by Crippen LogP contribution is -2.36. The van der Waals surface area contributed by atoms with Gasteiger partial charge in [-0.25, -0.2) is 0 Å². The second-order valence-electron chi connectivity index (χ2n) is 9.23. The van der Waals surface area contributed by atoms with Crippen molar-refractivity contribution in [3.05, 3.63) is 53.6 Å². The van der Waals surface area contributed by atoms with Crippen LogP contribution in [0.15, 0.2) is 47.4 Å². The number of thioether (sulfide) groups is 1. The lowest BCUT2D eigenvalue weighted by atomic mass is 9.68. The number of rotatable bonds is 14. The molecule has 2 atom stereocenters. The molecule has 0 spiro atoms. The quantitative estimate of drug-likeness (QED) is 0.230. The predicted octanol–water partition coefficient (Wildman–Crippen LogP) is 5.79. The standard InChI is InChI=1S/C27H38O6S2/c1-27(21-10-12-22(30-2)13-11-21)20-34-26-19-23(31-3)14-15-24(26)25(27)9-8-17-32-16-6-5-7-18-33-35(4,28)29/h10-15,19,25H,5-9,16-18,20H2,1-4H3/t25-,27-/m1/s1. The van der Waals surface area contributed by atoms with Gasteiger partial charge in [0.2, 0.25) is 0 Å². The van der Waals surface area contributed by atoms with Crippen LogP contribution >= 0.6 is 11.8 Å². The molecule has 0 amide bonds. The van der Waals surface area contributed by atoms with Gasteiger partial charge >= 0.3 is 0 Å². The normalized spacial score (nSPS) is 19.8. The van der Waals surface area contributed by atoms with Crippen LogP contribution in [0.1, 0.15) is 56.1 Å². The van der Waals surface area contributed by atoms with Gasteiger partial charge in [-0.05, 0) is 73.4 Å². The van der Waals surface area contributed by atoms with Crippen LogP contribution in [-0.4, -0.2) is 54.5 Å². The number of ether oxygens (including phenoxy) is 3. The molecule has 194 valence electrons. The fourth-order valence-corrected chi connectivity index (χ4v) is 6.46. The highest BCUT2D eigenvalue weighted by Crippen LogP contribution is 2.52. The molecule has 35 heavy (non-hydrogen) atoms. The Labute approximate surface area is 214 Å². The largest absolute Gasteiger partial charge is 0.497 e. The minimum Gasteiger partial charge on any atom is -0.497 e. The summed E-state index contributed by atoms with van der Waals surface area (Å²) < 4.78 is 43.5. The molecular weight excluding hydrogens is 484 g/mol. The van der Waals surface area contributed by atoms with Gasteiger partial charge in [-0.15, -0.1) is 11.8 Å². The minimum absolute atomic E-state index is 0.00184. The molecule has 0 bridgehead atoms. The van der Waals surface area contributed by atoms with Crippen molar-refractivity contribution in [1.82, 2.24) is 0 Å². The van der Waals surface area contributed by atoms with E-state index in [1.54, 1.807) is 14.2 Å². The molecule has 0 unspecified atom stereocenters. The van der Waals surface area contributed by atoms with E-state index in [1.807, 2.05) is 11.8 Å². The highest BCUT2D eigenvalue weighted by atomic mass is 32.2. The lowest BCUT2D eigenvalue weighted by molar-refractivity contribution is 0.122. The van der Waals surface area contributed by atoms with Gasteiger partial charge in [-0.2, -0.15) is 8.42 Å². The van der Waals surface area contributed by atoms with Crippen LogP contribution in [-0.2, 0) is 24.5 Å². The van der Waals surface area contributed by atoms with Crippen LogP contribution < -0.4 is 9.47 Å². The number of methoxy groups -OCH3 is 2. The van der Waals surface area contributed by atoms with Crippen molar-refractivity contribution in [2.75, 3.05) is 46.0 Å². The summed E-state index contributed by atoms with van der Waals surface area (Å²) in [5.74, 6) is 3.14. The predicted molar refractivity (Wildman–Crippen MR) is 142 cm³/mol. The molecule has 1 aliphatic rings. The lowest BCUT2D eigenvalue weighted by Gasteiger charge is -2.43. The van der Waals surface area contributed by atoms with Gasteiger partial charge in [-0.3, -0.25) is 4.18 Å². The van der Waals surface area contributed by atoms with Crippen LogP contribution in [0.3, 0.4) is 0 Å². The first kappa shape index (κ1) is 27.8. The van der Waals surface area contributed by atoms with Crippen LogP contribution in [0.4, 0.5) is 0 Å². The second-order valence-corrected chi connectivity index (χ2v) is 11.9. The summed E-state index contributed by atoms with van der Waals surface area (Å²) >= 11 is 1.90. The van der Waals surface area contributed by atoms with Gasteiger partial charge in [0.25, 0.3) is 10.1 Å². The third kappa shape index (κ3) is 7.87. The Bertz CT molecular complexity index is 1040. The smallest absolute Gasteiger partial charge is 0.264 e. The van der Waals surface area contributed by atoms with Crippen molar-refractivity contribution >= 4 is 21.9 Å². The Morgan fingerprint density at radius 2 is 1.57 bits per heavy atom. The van der Waals surface area contributed by atoms with Crippen molar-refractivity contribution in [1.29, 1.82) is 0 Å². The third-order valence-electron chi connectivity index (χ3n) is 6.65.